The molecule has 0 aromatic heterocycles. The van der Waals surface area contributed by atoms with Crippen LogP contribution in [0.5, 0.6) is 0 Å². The van der Waals surface area contributed by atoms with Gasteiger partial charge in [-0.25, -0.2) is 4.79 Å². The fourth-order valence-corrected chi connectivity index (χ4v) is 3.91. The van der Waals surface area contributed by atoms with Gasteiger partial charge in [-0.05, 0) is 64.9 Å². The van der Waals surface area contributed by atoms with Crippen molar-refractivity contribution in [1.82, 2.24) is 0 Å². The number of ether oxygens (including phenoxy) is 1. The van der Waals surface area contributed by atoms with Gasteiger partial charge in [-0.15, -0.1) is 0 Å². The third-order valence-electron chi connectivity index (χ3n) is 6.25. The van der Waals surface area contributed by atoms with E-state index in [9.17, 15) is 9.90 Å². The van der Waals surface area contributed by atoms with Crippen LogP contribution in [0.4, 0.5) is 0 Å². The van der Waals surface area contributed by atoms with Crippen LogP contribution in [0.2, 0.25) is 0 Å². The van der Waals surface area contributed by atoms with Gasteiger partial charge in [0.25, 0.3) is 0 Å². The molecule has 37 heavy (non-hydrogen) atoms. The van der Waals surface area contributed by atoms with E-state index in [1.54, 1.807) is 19.1 Å². The Morgan fingerprint density at radius 1 is 0.919 bits per heavy atom. The Bertz CT molecular complexity index is 1040. The van der Waals surface area contributed by atoms with Crippen molar-refractivity contribution in [2.45, 2.75) is 73.8 Å². The van der Waals surface area contributed by atoms with Gasteiger partial charge in [0.1, 0.15) is 12.7 Å². The molecular weight excluding hydrogens is 460 g/mol. The lowest BCUT2D eigenvalue weighted by molar-refractivity contribution is -0.142. The zero-order chi connectivity index (χ0) is 27.8. The molecule has 2 N–H and O–H groups in total. The van der Waals surface area contributed by atoms with Gasteiger partial charge in [-0.3, -0.25) is 0 Å². The molecule has 0 saturated heterocycles. The zero-order valence-electron chi connectivity index (χ0n) is 23.8. The molecule has 0 radical (unpaired) electrons. The molecule has 1 rings (SSSR count). The van der Waals surface area contributed by atoms with Crippen LogP contribution in [0.1, 0.15) is 67.7 Å². The van der Waals surface area contributed by atoms with Crippen LogP contribution in [0.15, 0.2) is 106 Å². The molecule has 1 aliphatic carbocycles. The van der Waals surface area contributed by atoms with Crippen molar-refractivity contribution in [3.8, 4) is 0 Å². The number of rotatable bonds is 12. The topological polar surface area (TPSA) is 66.8 Å². The van der Waals surface area contributed by atoms with Crippen molar-refractivity contribution in [2.24, 2.45) is 5.41 Å². The van der Waals surface area contributed by atoms with Crippen LogP contribution >= 0.6 is 0 Å². The second-order valence-electron chi connectivity index (χ2n) is 10.4. The Balaban J connectivity index is 2.60. The van der Waals surface area contributed by atoms with Crippen LogP contribution in [0.3, 0.4) is 0 Å². The summed E-state index contributed by atoms with van der Waals surface area (Å²) in [7, 11) is 0. The van der Waals surface area contributed by atoms with Crippen LogP contribution in [-0.4, -0.2) is 35.5 Å². The second-order valence-corrected chi connectivity index (χ2v) is 10.4. The van der Waals surface area contributed by atoms with E-state index in [1.807, 2.05) is 31.2 Å². The molecule has 0 fully saturated rings. The fourth-order valence-electron chi connectivity index (χ4n) is 3.91. The molecule has 1 atom stereocenters. The van der Waals surface area contributed by atoms with Gasteiger partial charge < -0.3 is 14.9 Å². The molecule has 0 aromatic rings. The van der Waals surface area contributed by atoms with Crippen molar-refractivity contribution in [3.05, 3.63) is 106 Å². The summed E-state index contributed by atoms with van der Waals surface area (Å²) in [6.07, 6.45) is 26.9. The average molecular weight is 507 g/mol. The molecular formula is C33H46O4. The first-order valence-corrected chi connectivity index (χ1v) is 13.0. The summed E-state index contributed by atoms with van der Waals surface area (Å²) in [6, 6.07) is 0. The highest BCUT2D eigenvalue weighted by Crippen LogP contribution is 2.40. The minimum atomic E-state index is -1.05. The molecule has 0 saturated carbocycles. The Hall–Kier alpha value is -2.95. The minimum Gasteiger partial charge on any atom is -0.459 e. The number of aliphatic hydroxyl groups excluding tert-OH is 2. The van der Waals surface area contributed by atoms with E-state index in [4.69, 9.17) is 9.84 Å². The monoisotopic (exact) mass is 506 g/mol. The molecule has 4 heteroatoms. The van der Waals surface area contributed by atoms with Gasteiger partial charge in [-0.1, -0.05) is 109 Å². The van der Waals surface area contributed by atoms with E-state index in [2.05, 4.69) is 71.1 Å². The van der Waals surface area contributed by atoms with E-state index < -0.39 is 18.7 Å². The maximum Gasteiger partial charge on any atom is 0.333 e. The second kappa shape index (κ2) is 16.7. The Kier molecular flexibility index (Phi) is 14.5. The number of allylic oxidation sites excluding steroid dienone is 17. The highest BCUT2D eigenvalue weighted by Gasteiger charge is 2.26. The van der Waals surface area contributed by atoms with Crippen LogP contribution < -0.4 is 0 Å². The van der Waals surface area contributed by atoms with E-state index in [0.717, 1.165) is 11.1 Å². The molecule has 0 spiro atoms. The first-order valence-electron chi connectivity index (χ1n) is 13.0. The summed E-state index contributed by atoms with van der Waals surface area (Å²) >= 11 is 0. The molecule has 1 aliphatic rings. The fraction of sp³-hybridized carbons (Fsp3) is 0.424. The highest BCUT2D eigenvalue weighted by molar-refractivity contribution is 5.88. The molecule has 0 aromatic carbocycles. The SMILES string of the molecule is CC1=C(/C=C/C(C)=C/C=C/C(C)=C/C=C/C=C(C)/C=C/C=C(\C)C(=O)OCC(O)CO)C(C)(C)CCC1. The maximum atomic E-state index is 11.8. The lowest BCUT2D eigenvalue weighted by atomic mass is 9.72. The zero-order valence-corrected chi connectivity index (χ0v) is 23.8. The Morgan fingerprint density at radius 3 is 2.03 bits per heavy atom. The van der Waals surface area contributed by atoms with Gasteiger partial charge in [0.15, 0.2) is 0 Å². The smallest absolute Gasteiger partial charge is 0.333 e. The summed E-state index contributed by atoms with van der Waals surface area (Å²) in [4.78, 5) is 11.8. The predicted octanol–water partition coefficient (Wildman–Crippen LogP) is 7.42. The largest absolute Gasteiger partial charge is 0.459 e. The molecule has 0 heterocycles. The standard InChI is InChI=1S/C33H46O4/c1-25(15-10-16-27(3)20-21-31-28(4)19-12-22-33(31,6)7)13-8-9-14-26(2)17-11-18-29(5)32(36)37-24-30(35)23-34/h8-11,13-18,20-21,30,34-35H,12,19,22-24H2,1-7H3/b9-8+,15-10+,17-11+,21-20+,25-13+,26-14+,27-16+,29-18+. The number of aliphatic hydroxyl groups is 2. The van der Waals surface area contributed by atoms with Crippen molar-refractivity contribution < 1.29 is 19.7 Å². The van der Waals surface area contributed by atoms with Gasteiger partial charge in [0.2, 0.25) is 0 Å². The first kappa shape index (κ1) is 32.1. The van der Waals surface area contributed by atoms with Crippen molar-refractivity contribution in [2.75, 3.05) is 13.2 Å². The summed E-state index contributed by atoms with van der Waals surface area (Å²) in [5.74, 6) is -0.519. The molecule has 0 bridgehead atoms. The van der Waals surface area contributed by atoms with Gasteiger partial charge in [0, 0.05) is 5.57 Å². The third-order valence-corrected chi connectivity index (χ3v) is 6.25. The van der Waals surface area contributed by atoms with E-state index in [0.29, 0.717) is 5.57 Å². The Labute approximate surface area is 224 Å². The molecule has 202 valence electrons. The number of carbonyl (C=O) groups excluding carboxylic acids is 1. The quantitative estimate of drug-likeness (QED) is 0.164. The molecule has 4 nitrogen and oxygen atoms in total. The van der Waals surface area contributed by atoms with Crippen LogP contribution in [-0.2, 0) is 9.53 Å². The first-order chi connectivity index (χ1) is 17.5. The van der Waals surface area contributed by atoms with Crippen molar-refractivity contribution in [1.29, 1.82) is 0 Å². The third kappa shape index (κ3) is 13.2. The number of hydrogen-bond acceptors (Lipinski definition) is 4. The number of carbonyl (C=O) groups is 1. The van der Waals surface area contributed by atoms with Gasteiger partial charge >= 0.3 is 5.97 Å². The summed E-state index contributed by atoms with van der Waals surface area (Å²) in [5.41, 5.74) is 7.10. The van der Waals surface area contributed by atoms with Crippen LogP contribution in [0, 0.1) is 5.41 Å². The Morgan fingerprint density at radius 2 is 1.46 bits per heavy atom. The molecule has 0 amide bonds. The summed E-state index contributed by atoms with van der Waals surface area (Å²) in [5, 5.41) is 18.0. The normalized spacial score (nSPS) is 19.2. The molecule has 0 aliphatic heterocycles. The van der Waals surface area contributed by atoms with Crippen LogP contribution in [0.25, 0.3) is 0 Å². The molecule has 1 unspecified atom stereocenters. The minimum absolute atomic E-state index is 0.223. The van der Waals surface area contributed by atoms with Gasteiger partial charge in [0.05, 0.1) is 6.61 Å². The van der Waals surface area contributed by atoms with Crippen molar-refractivity contribution in [3.63, 3.8) is 0 Å². The number of esters is 1. The average Bonchev–Trinajstić information content (AvgIpc) is 2.84. The number of hydrogen-bond donors (Lipinski definition) is 2. The van der Waals surface area contributed by atoms with Crippen molar-refractivity contribution >= 4 is 5.97 Å². The van der Waals surface area contributed by atoms with Gasteiger partial charge in [-0.2, -0.15) is 0 Å². The summed E-state index contributed by atoms with van der Waals surface area (Å²) in [6.45, 7) is 14.1. The lowest BCUT2D eigenvalue weighted by Gasteiger charge is -2.32. The maximum absolute atomic E-state index is 11.8. The summed E-state index contributed by atoms with van der Waals surface area (Å²) < 4.78 is 4.91. The van der Waals surface area contributed by atoms with E-state index >= 15 is 0 Å². The predicted molar refractivity (Wildman–Crippen MR) is 156 cm³/mol. The van der Waals surface area contributed by atoms with E-state index in [-0.39, 0.29) is 12.0 Å². The lowest BCUT2D eigenvalue weighted by Crippen LogP contribution is -2.22. The highest BCUT2D eigenvalue weighted by atomic mass is 16.5. The van der Waals surface area contributed by atoms with E-state index in [1.165, 1.54) is 36.0 Å².